The van der Waals surface area contributed by atoms with Gasteiger partial charge in [0.2, 0.25) is 0 Å². The summed E-state index contributed by atoms with van der Waals surface area (Å²) in [6, 6.07) is 6.25. The second kappa shape index (κ2) is 30.7. The topological polar surface area (TPSA) is 21.6 Å². The molecule has 0 aliphatic rings. The van der Waals surface area contributed by atoms with E-state index in [9.17, 15) is 13.2 Å². The average Bonchev–Trinajstić information content (AvgIpc) is 3.10. The van der Waals surface area contributed by atoms with Gasteiger partial charge in [0.1, 0.15) is 5.83 Å². The number of alkyl halides is 3. The van der Waals surface area contributed by atoms with E-state index in [1.165, 1.54) is 22.3 Å². The molecular formula is C45H70ClF4NO. The van der Waals surface area contributed by atoms with Crippen LogP contribution in [0.4, 0.5) is 17.6 Å². The summed E-state index contributed by atoms with van der Waals surface area (Å²) in [5.74, 6) is -0.0167. The smallest absolute Gasteiger partial charge is 0.381 e. The highest BCUT2D eigenvalue weighted by atomic mass is 35.5. The van der Waals surface area contributed by atoms with Gasteiger partial charge < -0.3 is 4.74 Å². The minimum absolute atomic E-state index is 0.00669. The predicted molar refractivity (Wildman–Crippen MR) is 222 cm³/mol. The molecule has 1 atom stereocenters. The summed E-state index contributed by atoms with van der Waals surface area (Å²) >= 11 is 6.42. The van der Waals surface area contributed by atoms with E-state index in [-0.39, 0.29) is 11.7 Å². The first-order chi connectivity index (χ1) is 24.6. The molecule has 1 aromatic carbocycles. The largest absolute Gasteiger partial charge is 0.415 e. The molecule has 296 valence electrons. The number of hydrogen-bond acceptors (Lipinski definition) is 2. The normalized spacial score (nSPS) is 13.6. The maximum Gasteiger partial charge on any atom is 0.415 e. The Hall–Kier alpha value is -2.70. The molecule has 0 fully saturated rings. The van der Waals surface area contributed by atoms with Crippen molar-refractivity contribution in [2.75, 3.05) is 13.2 Å². The predicted octanol–water partition coefficient (Wildman–Crippen LogP) is 16.1. The fraction of sp³-hybridized carbons (Fsp3) is 0.578. The minimum atomic E-state index is -4.36. The Morgan fingerprint density at radius 2 is 1.46 bits per heavy atom. The van der Waals surface area contributed by atoms with E-state index in [4.69, 9.17) is 16.3 Å². The first-order valence-corrected chi connectivity index (χ1v) is 19.7. The Morgan fingerprint density at radius 1 is 0.846 bits per heavy atom. The lowest BCUT2D eigenvalue weighted by Crippen LogP contribution is -2.08. The van der Waals surface area contributed by atoms with Gasteiger partial charge in [-0.25, -0.2) is 4.39 Å². The van der Waals surface area contributed by atoms with Gasteiger partial charge in [0.15, 0.2) is 0 Å². The summed E-state index contributed by atoms with van der Waals surface area (Å²) in [6.07, 6.45) is 13.0. The monoisotopic (exact) mass is 752 g/mol. The summed E-state index contributed by atoms with van der Waals surface area (Å²) < 4.78 is 56.1. The first kappa shape index (κ1) is 51.4. The van der Waals surface area contributed by atoms with Crippen LogP contribution in [0, 0.1) is 5.92 Å². The van der Waals surface area contributed by atoms with Crippen LogP contribution in [0.2, 0.25) is 5.02 Å². The summed E-state index contributed by atoms with van der Waals surface area (Å²) in [4.78, 5) is 3.84. The van der Waals surface area contributed by atoms with E-state index >= 15 is 4.39 Å². The molecule has 1 unspecified atom stereocenters. The van der Waals surface area contributed by atoms with E-state index in [2.05, 4.69) is 78.7 Å². The van der Waals surface area contributed by atoms with Crippen LogP contribution in [0.3, 0.4) is 0 Å². The molecule has 0 bridgehead atoms. The molecule has 0 spiro atoms. The van der Waals surface area contributed by atoms with Crippen LogP contribution in [0.15, 0.2) is 88.9 Å². The SMILES string of the molecule is C=C(/C=C\C(=C(\F)CCC)C(C)/C(C)=C(\CCCC)c1cc(Cl)ccc1CCC)CC.C=C(/C=C\N=C(C)CCC)C(F)(F)F.CCCOCCC. The molecule has 0 saturated carbocycles. The van der Waals surface area contributed by atoms with E-state index < -0.39 is 11.7 Å². The summed E-state index contributed by atoms with van der Waals surface area (Å²) in [5, 5.41) is 0.761. The second-order valence-electron chi connectivity index (χ2n) is 13.1. The Balaban J connectivity index is 0. The molecule has 0 heterocycles. The Morgan fingerprint density at radius 3 is 1.96 bits per heavy atom. The molecule has 0 amide bonds. The van der Waals surface area contributed by atoms with Gasteiger partial charge in [0, 0.05) is 41.6 Å². The zero-order valence-electron chi connectivity index (χ0n) is 34.2. The van der Waals surface area contributed by atoms with Crippen LogP contribution in [-0.4, -0.2) is 25.1 Å². The quantitative estimate of drug-likeness (QED) is 0.0530. The number of hydrogen-bond donors (Lipinski definition) is 0. The summed E-state index contributed by atoms with van der Waals surface area (Å²) in [5.41, 5.74) is 6.86. The average molecular weight is 753 g/mol. The first-order valence-electron chi connectivity index (χ1n) is 19.4. The fourth-order valence-electron chi connectivity index (χ4n) is 5.03. The number of nitrogens with zero attached hydrogens (tertiary/aromatic N) is 1. The van der Waals surface area contributed by atoms with Gasteiger partial charge in [-0.3, -0.25) is 4.99 Å². The van der Waals surface area contributed by atoms with Crippen LogP contribution in [0.25, 0.3) is 5.57 Å². The van der Waals surface area contributed by atoms with E-state index in [1.807, 2.05) is 32.1 Å². The Kier molecular flexibility index (Phi) is 30.4. The fourth-order valence-corrected chi connectivity index (χ4v) is 5.21. The zero-order chi connectivity index (χ0) is 40.1. The van der Waals surface area contributed by atoms with Crippen LogP contribution >= 0.6 is 11.6 Å². The van der Waals surface area contributed by atoms with E-state index in [1.54, 1.807) is 6.92 Å². The van der Waals surface area contributed by atoms with Crippen molar-refractivity contribution < 1.29 is 22.3 Å². The maximum atomic E-state index is 15.2. The Bertz CT molecular complexity index is 1310. The van der Waals surface area contributed by atoms with Crippen LogP contribution in [0.1, 0.15) is 151 Å². The lowest BCUT2D eigenvalue weighted by molar-refractivity contribution is -0.0878. The van der Waals surface area contributed by atoms with Gasteiger partial charge in [-0.1, -0.05) is 129 Å². The van der Waals surface area contributed by atoms with Crippen molar-refractivity contribution in [3.05, 3.63) is 100 Å². The van der Waals surface area contributed by atoms with E-state index in [0.717, 1.165) is 118 Å². The molecule has 52 heavy (non-hydrogen) atoms. The molecule has 7 heteroatoms. The van der Waals surface area contributed by atoms with Crippen molar-refractivity contribution >= 4 is 22.9 Å². The van der Waals surface area contributed by atoms with Gasteiger partial charge >= 0.3 is 6.18 Å². The summed E-state index contributed by atoms with van der Waals surface area (Å²) in [7, 11) is 0. The summed E-state index contributed by atoms with van der Waals surface area (Å²) in [6.45, 7) is 29.6. The van der Waals surface area contributed by atoms with Crippen molar-refractivity contribution in [1.82, 2.24) is 0 Å². The number of aliphatic imine (C=N–C) groups is 1. The van der Waals surface area contributed by atoms with Crippen LogP contribution < -0.4 is 0 Å². The van der Waals surface area contributed by atoms with Crippen molar-refractivity contribution in [1.29, 1.82) is 0 Å². The van der Waals surface area contributed by atoms with Gasteiger partial charge in [-0.15, -0.1) is 0 Å². The number of allylic oxidation sites excluding steroid dienone is 9. The highest BCUT2D eigenvalue weighted by Gasteiger charge is 2.29. The number of ether oxygens (including phenoxy) is 1. The molecule has 0 radical (unpaired) electrons. The number of aryl methyl sites for hydroxylation is 1. The number of benzene rings is 1. The standard InChI is InChI=1S/C29H42ClF.C10H14F3N.C6H14O/c1-8-12-15-26(28-20-25(30)18-17-24(28)13-9-2)22(6)23(7)27(29(31)14-10-3)19-16-21(5)11-4;1-4-5-9(3)14-7-6-8(2)10(11,12)13;1-3-5-7-6-4-2/h16-20,23H,5,8-15H2,1-4,6-7H3;6-7H,2,4-5H2,1,3H3;3-6H2,1-2H3/b19-16-,26-22+,29-27-;7-6-,14-9?;. The molecule has 0 aliphatic heterocycles. The van der Waals surface area contributed by atoms with Gasteiger partial charge in [-0.2, -0.15) is 13.2 Å². The number of halogens is 5. The van der Waals surface area contributed by atoms with Gasteiger partial charge in [0.25, 0.3) is 0 Å². The zero-order valence-corrected chi connectivity index (χ0v) is 34.9. The molecule has 0 saturated heterocycles. The molecule has 0 aromatic heterocycles. The Labute approximate surface area is 321 Å². The van der Waals surface area contributed by atoms with Crippen LogP contribution in [-0.2, 0) is 11.2 Å². The highest BCUT2D eigenvalue weighted by molar-refractivity contribution is 6.30. The molecule has 1 aromatic rings. The lowest BCUT2D eigenvalue weighted by atomic mass is 9.83. The number of unbranched alkanes of at least 4 members (excludes halogenated alkanes) is 1. The van der Waals surface area contributed by atoms with Crippen molar-refractivity contribution in [2.45, 2.75) is 152 Å². The second-order valence-corrected chi connectivity index (χ2v) is 13.5. The molecule has 1 rings (SSSR count). The van der Waals surface area contributed by atoms with Gasteiger partial charge in [0.05, 0.1) is 0 Å². The molecule has 0 N–H and O–H groups in total. The molecule has 2 nitrogen and oxygen atoms in total. The van der Waals surface area contributed by atoms with Crippen molar-refractivity contribution in [3.63, 3.8) is 0 Å². The lowest BCUT2D eigenvalue weighted by Gasteiger charge is -2.23. The number of rotatable bonds is 21. The van der Waals surface area contributed by atoms with Crippen molar-refractivity contribution in [2.24, 2.45) is 10.9 Å². The molecule has 0 aliphatic carbocycles. The minimum Gasteiger partial charge on any atom is -0.381 e. The van der Waals surface area contributed by atoms with Gasteiger partial charge in [-0.05, 0) is 112 Å². The highest BCUT2D eigenvalue weighted by Crippen LogP contribution is 2.37. The molecular weight excluding hydrogens is 682 g/mol. The maximum absolute atomic E-state index is 15.2. The third-order valence-electron chi connectivity index (χ3n) is 8.27. The van der Waals surface area contributed by atoms with Crippen molar-refractivity contribution in [3.8, 4) is 0 Å². The van der Waals surface area contributed by atoms with E-state index in [0.29, 0.717) is 6.42 Å². The van der Waals surface area contributed by atoms with Crippen LogP contribution in [0.5, 0.6) is 0 Å². The third-order valence-corrected chi connectivity index (χ3v) is 8.50. The third kappa shape index (κ3) is 23.1.